The molecule has 0 atom stereocenters. The zero-order chi connectivity index (χ0) is 16.2. The van der Waals surface area contributed by atoms with Crippen molar-refractivity contribution in [2.24, 2.45) is 0 Å². The Hall–Kier alpha value is -1.55. The first-order valence-electron chi connectivity index (χ1n) is 7.63. The second kappa shape index (κ2) is 7.35. The van der Waals surface area contributed by atoms with Gasteiger partial charge in [0.05, 0.1) is 0 Å². The minimum Gasteiger partial charge on any atom is -0.336 e. The highest BCUT2D eigenvalue weighted by Crippen LogP contribution is 2.15. The van der Waals surface area contributed by atoms with Gasteiger partial charge in [-0.05, 0) is 42.0 Å². The number of piperazine rings is 1. The number of halogens is 2. The summed E-state index contributed by atoms with van der Waals surface area (Å²) in [6.45, 7) is 4.13. The Morgan fingerprint density at radius 3 is 1.91 bits per heavy atom. The lowest BCUT2D eigenvalue weighted by molar-refractivity contribution is 0.0628. The van der Waals surface area contributed by atoms with Crippen LogP contribution in [-0.2, 0) is 6.54 Å². The zero-order valence-corrected chi connectivity index (χ0v) is 14.2. The maximum absolute atomic E-state index is 12.5. The Kier molecular flexibility index (Phi) is 5.21. The van der Waals surface area contributed by atoms with Crippen molar-refractivity contribution in [2.75, 3.05) is 26.2 Å². The highest BCUT2D eigenvalue weighted by molar-refractivity contribution is 6.30. The predicted octanol–water partition coefficient (Wildman–Crippen LogP) is 3.95. The summed E-state index contributed by atoms with van der Waals surface area (Å²) in [7, 11) is 0. The highest BCUT2D eigenvalue weighted by Gasteiger charge is 2.22. The smallest absolute Gasteiger partial charge is 0.253 e. The Bertz CT molecular complexity index is 662. The molecule has 3 nitrogen and oxygen atoms in total. The Labute approximate surface area is 146 Å². The van der Waals surface area contributed by atoms with Crippen molar-refractivity contribution in [3.63, 3.8) is 0 Å². The van der Waals surface area contributed by atoms with Crippen molar-refractivity contribution >= 4 is 29.1 Å². The van der Waals surface area contributed by atoms with Crippen LogP contribution in [0.25, 0.3) is 0 Å². The third-order valence-corrected chi connectivity index (χ3v) is 4.57. The molecule has 0 bridgehead atoms. The fourth-order valence-electron chi connectivity index (χ4n) is 2.73. The lowest BCUT2D eigenvalue weighted by Gasteiger charge is -2.34. The summed E-state index contributed by atoms with van der Waals surface area (Å²) in [5, 5.41) is 1.40. The Morgan fingerprint density at radius 2 is 1.35 bits per heavy atom. The van der Waals surface area contributed by atoms with E-state index in [-0.39, 0.29) is 5.91 Å². The molecule has 1 saturated heterocycles. The van der Waals surface area contributed by atoms with Gasteiger partial charge < -0.3 is 4.90 Å². The molecule has 1 fully saturated rings. The lowest BCUT2D eigenvalue weighted by atomic mass is 10.1. The van der Waals surface area contributed by atoms with E-state index < -0.39 is 0 Å². The largest absolute Gasteiger partial charge is 0.336 e. The van der Waals surface area contributed by atoms with E-state index in [1.165, 1.54) is 5.56 Å². The van der Waals surface area contributed by atoms with Crippen LogP contribution in [0, 0.1) is 0 Å². The molecule has 1 heterocycles. The molecule has 0 unspecified atom stereocenters. The quantitative estimate of drug-likeness (QED) is 0.838. The molecule has 1 aliphatic heterocycles. The lowest BCUT2D eigenvalue weighted by Crippen LogP contribution is -2.48. The number of hydrogen-bond donors (Lipinski definition) is 0. The van der Waals surface area contributed by atoms with Gasteiger partial charge in [0.25, 0.3) is 5.91 Å². The van der Waals surface area contributed by atoms with Gasteiger partial charge in [0.2, 0.25) is 0 Å². The molecular weight excluding hydrogens is 331 g/mol. The average Bonchev–Trinajstić information content (AvgIpc) is 2.58. The second-order valence-corrected chi connectivity index (χ2v) is 6.57. The number of amides is 1. The number of hydrogen-bond acceptors (Lipinski definition) is 2. The third-order valence-electron chi connectivity index (χ3n) is 4.07. The standard InChI is InChI=1S/C18H18Cl2N2O/c19-16-5-1-14(2-6-16)13-21-9-11-22(12-10-21)18(23)15-3-7-17(20)8-4-15/h1-8H,9-13H2. The van der Waals surface area contributed by atoms with E-state index in [0.717, 1.165) is 37.7 Å². The summed E-state index contributed by atoms with van der Waals surface area (Å²) in [5.41, 5.74) is 1.94. The first kappa shape index (κ1) is 16.3. The Morgan fingerprint density at radius 1 is 0.826 bits per heavy atom. The summed E-state index contributed by atoms with van der Waals surface area (Å²) >= 11 is 11.8. The van der Waals surface area contributed by atoms with Crippen molar-refractivity contribution in [3.8, 4) is 0 Å². The van der Waals surface area contributed by atoms with Crippen LogP contribution in [0.4, 0.5) is 0 Å². The van der Waals surface area contributed by atoms with E-state index in [2.05, 4.69) is 4.90 Å². The first-order chi connectivity index (χ1) is 11.1. The maximum Gasteiger partial charge on any atom is 0.253 e. The number of carbonyl (C=O) groups is 1. The fraction of sp³-hybridized carbons (Fsp3) is 0.278. The fourth-order valence-corrected chi connectivity index (χ4v) is 2.98. The van der Waals surface area contributed by atoms with Crippen LogP contribution in [0.15, 0.2) is 48.5 Å². The number of carbonyl (C=O) groups excluding carboxylic acids is 1. The minimum absolute atomic E-state index is 0.0767. The summed E-state index contributed by atoms with van der Waals surface area (Å²) < 4.78 is 0. The van der Waals surface area contributed by atoms with Gasteiger partial charge in [-0.25, -0.2) is 0 Å². The van der Waals surface area contributed by atoms with Crippen molar-refractivity contribution < 1.29 is 4.79 Å². The number of rotatable bonds is 3. The second-order valence-electron chi connectivity index (χ2n) is 5.70. The molecule has 2 aromatic carbocycles. The van der Waals surface area contributed by atoms with E-state index in [0.29, 0.717) is 10.6 Å². The Balaban J connectivity index is 1.54. The molecule has 0 N–H and O–H groups in total. The SMILES string of the molecule is O=C(c1ccc(Cl)cc1)N1CCN(Cc2ccc(Cl)cc2)CC1. The summed E-state index contributed by atoms with van der Waals surface area (Å²) in [6.07, 6.45) is 0. The van der Waals surface area contributed by atoms with Crippen molar-refractivity contribution in [1.29, 1.82) is 0 Å². The third kappa shape index (κ3) is 4.25. The molecular formula is C18H18Cl2N2O. The van der Waals surface area contributed by atoms with Gasteiger partial charge in [-0.3, -0.25) is 9.69 Å². The molecule has 0 aromatic heterocycles. The topological polar surface area (TPSA) is 23.6 Å². The molecule has 5 heteroatoms. The van der Waals surface area contributed by atoms with Crippen LogP contribution >= 0.6 is 23.2 Å². The van der Waals surface area contributed by atoms with Gasteiger partial charge in [-0.2, -0.15) is 0 Å². The van der Waals surface area contributed by atoms with Crippen molar-refractivity contribution in [3.05, 3.63) is 69.7 Å². The van der Waals surface area contributed by atoms with E-state index in [1.807, 2.05) is 29.2 Å². The molecule has 120 valence electrons. The van der Waals surface area contributed by atoms with E-state index in [1.54, 1.807) is 24.3 Å². The van der Waals surface area contributed by atoms with Crippen LogP contribution < -0.4 is 0 Å². The summed E-state index contributed by atoms with van der Waals surface area (Å²) in [5.74, 6) is 0.0767. The van der Waals surface area contributed by atoms with Gasteiger partial charge in [-0.1, -0.05) is 35.3 Å². The van der Waals surface area contributed by atoms with Crippen molar-refractivity contribution in [2.45, 2.75) is 6.54 Å². The van der Waals surface area contributed by atoms with Crippen molar-refractivity contribution in [1.82, 2.24) is 9.80 Å². The zero-order valence-electron chi connectivity index (χ0n) is 12.7. The molecule has 0 aliphatic carbocycles. The van der Waals surface area contributed by atoms with Crippen LogP contribution in [-0.4, -0.2) is 41.9 Å². The summed E-state index contributed by atoms with van der Waals surface area (Å²) in [6, 6.07) is 15.0. The number of nitrogens with zero attached hydrogens (tertiary/aromatic N) is 2. The molecule has 0 saturated carbocycles. The van der Waals surface area contributed by atoms with Crippen LogP contribution in [0.5, 0.6) is 0 Å². The number of benzene rings is 2. The van der Waals surface area contributed by atoms with E-state index in [4.69, 9.17) is 23.2 Å². The van der Waals surface area contributed by atoms with E-state index in [9.17, 15) is 4.79 Å². The molecule has 3 rings (SSSR count). The molecule has 2 aromatic rings. The average molecular weight is 349 g/mol. The minimum atomic E-state index is 0.0767. The van der Waals surface area contributed by atoms with Crippen LogP contribution in [0.3, 0.4) is 0 Å². The molecule has 0 spiro atoms. The van der Waals surface area contributed by atoms with Gasteiger partial charge >= 0.3 is 0 Å². The monoisotopic (exact) mass is 348 g/mol. The van der Waals surface area contributed by atoms with Crippen LogP contribution in [0.2, 0.25) is 10.0 Å². The van der Waals surface area contributed by atoms with E-state index >= 15 is 0 Å². The van der Waals surface area contributed by atoms with Gasteiger partial charge in [0.15, 0.2) is 0 Å². The van der Waals surface area contributed by atoms with Gasteiger partial charge in [-0.15, -0.1) is 0 Å². The van der Waals surface area contributed by atoms with Gasteiger partial charge in [0.1, 0.15) is 0 Å². The van der Waals surface area contributed by atoms with Gasteiger partial charge in [0, 0.05) is 48.3 Å². The first-order valence-corrected chi connectivity index (χ1v) is 8.39. The maximum atomic E-state index is 12.5. The molecule has 1 amide bonds. The highest BCUT2D eigenvalue weighted by atomic mass is 35.5. The van der Waals surface area contributed by atoms with Crippen LogP contribution in [0.1, 0.15) is 15.9 Å². The summed E-state index contributed by atoms with van der Waals surface area (Å²) in [4.78, 5) is 16.7. The normalized spacial score (nSPS) is 15.7. The molecule has 23 heavy (non-hydrogen) atoms. The predicted molar refractivity (Wildman–Crippen MR) is 94.1 cm³/mol. The molecule has 1 aliphatic rings. The molecule has 0 radical (unpaired) electrons.